The summed E-state index contributed by atoms with van der Waals surface area (Å²) in [6.45, 7) is 7.73. The second kappa shape index (κ2) is 6.01. The van der Waals surface area contributed by atoms with E-state index < -0.39 is 0 Å². The number of benzene rings is 1. The Morgan fingerprint density at radius 1 is 1.26 bits per heavy atom. The van der Waals surface area contributed by atoms with Gasteiger partial charge < -0.3 is 0 Å². The summed E-state index contributed by atoms with van der Waals surface area (Å²) in [4.78, 5) is 4.71. The molecule has 0 saturated carbocycles. The molecule has 2 heteroatoms. The van der Waals surface area contributed by atoms with Crippen molar-refractivity contribution in [1.82, 2.24) is 9.55 Å². The lowest BCUT2D eigenvalue weighted by Gasteiger charge is -2.03. The lowest BCUT2D eigenvalue weighted by Crippen LogP contribution is -1.94. The molecular formula is C17H18N2. The van der Waals surface area contributed by atoms with E-state index in [0.29, 0.717) is 0 Å². The number of allylic oxidation sites excluding steroid dienone is 6. The summed E-state index contributed by atoms with van der Waals surface area (Å²) in [5.41, 5.74) is 3.19. The molecular weight excluding hydrogens is 232 g/mol. The normalized spacial score (nSPS) is 12.8. The molecule has 2 rings (SSSR count). The lowest BCUT2D eigenvalue weighted by atomic mass is 10.2. The summed E-state index contributed by atoms with van der Waals surface area (Å²) in [6, 6.07) is 8.15. The second-order valence-electron chi connectivity index (χ2n) is 4.12. The third kappa shape index (κ3) is 2.58. The van der Waals surface area contributed by atoms with Gasteiger partial charge in [0.2, 0.25) is 0 Å². The summed E-state index contributed by atoms with van der Waals surface area (Å²) in [5, 5.41) is 0. The zero-order chi connectivity index (χ0) is 13.7. The predicted octanol–water partition coefficient (Wildman–Crippen LogP) is 4.67. The van der Waals surface area contributed by atoms with Gasteiger partial charge in [-0.2, -0.15) is 0 Å². The van der Waals surface area contributed by atoms with E-state index in [-0.39, 0.29) is 0 Å². The first-order chi connectivity index (χ1) is 9.31. The Bertz CT molecular complexity index is 670. The molecule has 1 heterocycles. The van der Waals surface area contributed by atoms with E-state index in [1.54, 1.807) is 6.08 Å². The minimum absolute atomic E-state index is 0.944. The van der Waals surface area contributed by atoms with Crippen molar-refractivity contribution in [1.29, 1.82) is 0 Å². The minimum atomic E-state index is 0.944. The van der Waals surface area contributed by atoms with Crippen molar-refractivity contribution in [2.45, 2.75) is 13.8 Å². The zero-order valence-corrected chi connectivity index (χ0v) is 11.4. The summed E-state index contributed by atoms with van der Waals surface area (Å²) in [7, 11) is 0. The van der Waals surface area contributed by atoms with Gasteiger partial charge >= 0.3 is 0 Å². The van der Waals surface area contributed by atoms with Gasteiger partial charge in [-0.1, -0.05) is 49.1 Å². The molecule has 0 amide bonds. The molecule has 0 atom stereocenters. The number of fused-ring (bicyclic) bond motifs is 1. The Hall–Kier alpha value is -2.35. The van der Waals surface area contributed by atoms with Crippen LogP contribution in [0, 0.1) is 0 Å². The first-order valence-electron chi connectivity index (χ1n) is 6.37. The Kier molecular flexibility index (Phi) is 4.14. The van der Waals surface area contributed by atoms with E-state index >= 15 is 0 Å². The molecule has 0 saturated heterocycles. The van der Waals surface area contributed by atoms with Crippen LogP contribution in [0.15, 0.2) is 61.2 Å². The summed E-state index contributed by atoms with van der Waals surface area (Å²) < 4.78 is 2.11. The molecule has 0 N–H and O–H groups in total. The SMILES string of the molecule is C=C/C=C\C(=C/C)c1nc2ccccc2n1/C=C/C. The Balaban J connectivity index is 2.68. The molecule has 0 unspecified atom stereocenters. The largest absolute Gasteiger partial charge is 0.299 e. The van der Waals surface area contributed by atoms with Gasteiger partial charge in [-0.05, 0) is 26.0 Å². The Labute approximate surface area is 114 Å². The van der Waals surface area contributed by atoms with Gasteiger partial charge in [-0.15, -0.1) is 0 Å². The highest BCUT2D eigenvalue weighted by atomic mass is 15.1. The number of hydrogen-bond donors (Lipinski definition) is 0. The van der Waals surface area contributed by atoms with E-state index in [2.05, 4.69) is 23.3 Å². The van der Waals surface area contributed by atoms with Gasteiger partial charge in [0.05, 0.1) is 11.0 Å². The Morgan fingerprint density at radius 3 is 2.74 bits per heavy atom. The van der Waals surface area contributed by atoms with E-state index in [4.69, 9.17) is 4.98 Å². The molecule has 19 heavy (non-hydrogen) atoms. The summed E-state index contributed by atoms with van der Waals surface area (Å²) in [6.07, 6.45) is 11.8. The number of rotatable bonds is 4. The van der Waals surface area contributed by atoms with E-state index in [9.17, 15) is 0 Å². The van der Waals surface area contributed by atoms with Crippen LogP contribution >= 0.6 is 0 Å². The predicted molar refractivity (Wildman–Crippen MR) is 83.7 cm³/mol. The van der Waals surface area contributed by atoms with Crippen molar-refractivity contribution in [3.8, 4) is 0 Å². The van der Waals surface area contributed by atoms with Crippen molar-refractivity contribution >= 4 is 22.8 Å². The molecule has 1 aromatic heterocycles. The summed E-state index contributed by atoms with van der Waals surface area (Å²) in [5.74, 6) is 0.944. The van der Waals surface area contributed by atoms with Gasteiger partial charge in [-0.25, -0.2) is 4.98 Å². The molecule has 2 aromatic rings. The van der Waals surface area contributed by atoms with Crippen LogP contribution in [-0.2, 0) is 0 Å². The first-order valence-corrected chi connectivity index (χ1v) is 6.37. The van der Waals surface area contributed by atoms with Crippen LogP contribution in [0.3, 0.4) is 0 Å². The molecule has 0 aliphatic rings. The smallest absolute Gasteiger partial charge is 0.144 e. The lowest BCUT2D eigenvalue weighted by molar-refractivity contribution is 1.12. The van der Waals surface area contributed by atoms with Crippen molar-refractivity contribution in [3.63, 3.8) is 0 Å². The molecule has 0 fully saturated rings. The standard InChI is InChI=1S/C17H18N2/c1-4-7-10-14(6-3)17-18-15-11-8-9-12-16(15)19(17)13-5-2/h4-13H,1H2,2-3H3/b10-7-,13-5+,14-6+. The third-order valence-corrected chi connectivity index (χ3v) is 2.88. The number of imidazole rings is 1. The number of nitrogens with zero attached hydrogens (tertiary/aromatic N) is 2. The molecule has 0 aliphatic carbocycles. The maximum atomic E-state index is 4.71. The van der Waals surface area contributed by atoms with Crippen LogP contribution in [-0.4, -0.2) is 9.55 Å². The average Bonchev–Trinajstić information content (AvgIpc) is 2.79. The van der Waals surface area contributed by atoms with Crippen molar-refractivity contribution < 1.29 is 0 Å². The van der Waals surface area contributed by atoms with Crippen molar-refractivity contribution in [2.75, 3.05) is 0 Å². The van der Waals surface area contributed by atoms with E-state index in [1.165, 1.54) is 0 Å². The summed E-state index contributed by atoms with van der Waals surface area (Å²) >= 11 is 0. The molecule has 0 radical (unpaired) electrons. The Morgan fingerprint density at radius 2 is 2.05 bits per heavy atom. The van der Waals surface area contributed by atoms with Crippen LogP contribution in [0.2, 0.25) is 0 Å². The number of aromatic nitrogens is 2. The highest BCUT2D eigenvalue weighted by Crippen LogP contribution is 2.23. The molecule has 0 spiro atoms. The molecule has 1 aromatic carbocycles. The highest BCUT2D eigenvalue weighted by Gasteiger charge is 2.10. The van der Waals surface area contributed by atoms with Gasteiger partial charge in [0.25, 0.3) is 0 Å². The number of para-hydroxylation sites is 2. The molecule has 2 nitrogen and oxygen atoms in total. The molecule has 0 bridgehead atoms. The average molecular weight is 250 g/mol. The van der Waals surface area contributed by atoms with Gasteiger partial charge in [-0.3, -0.25) is 4.57 Å². The zero-order valence-electron chi connectivity index (χ0n) is 11.4. The van der Waals surface area contributed by atoms with Crippen LogP contribution < -0.4 is 0 Å². The van der Waals surface area contributed by atoms with Crippen molar-refractivity contribution in [3.05, 3.63) is 67.0 Å². The third-order valence-electron chi connectivity index (χ3n) is 2.88. The van der Waals surface area contributed by atoms with Crippen molar-refractivity contribution in [2.24, 2.45) is 0 Å². The van der Waals surface area contributed by atoms with Gasteiger partial charge in [0, 0.05) is 11.8 Å². The van der Waals surface area contributed by atoms with Gasteiger partial charge in [0.1, 0.15) is 5.82 Å². The fraction of sp³-hybridized carbons (Fsp3) is 0.118. The maximum absolute atomic E-state index is 4.71. The topological polar surface area (TPSA) is 17.8 Å². The fourth-order valence-corrected chi connectivity index (χ4v) is 2.02. The molecule has 0 aliphatic heterocycles. The highest BCUT2D eigenvalue weighted by molar-refractivity contribution is 5.84. The second-order valence-corrected chi connectivity index (χ2v) is 4.12. The van der Waals surface area contributed by atoms with E-state index in [1.807, 2.05) is 56.5 Å². The monoisotopic (exact) mass is 250 g/mol. The minimum Gasteiger partial charge on any atom is -0.299 e. The molecule has 96 valence electrons. The first kappa shape index (κ1) is 13.1. The van der Waals surface area contributed by atoms with Crippen LogP contribution in [0.1, 0.15) is 19.7 Å². The fourth-order valence-electron chi connectivity index (χ4n) is 2.02. The number of hydrogen-bond acceptors (Lipinski definition) is 1. The van der Waals surface area contributed by atoms with Gasteiger partial charge in [0.15, 0.2) is 0 Å². The van der Waals surface area contributed by atoms with Crippen LogP contribution in [0.25, 0.3) is 22.8 Å². The van der Waals surface area contributed by atoms with Crippen LogP contribution in [0.4, 0.5) is 0 Å². The van der Waals surface area contributed by atoms with Crippen LogP contribution in [0.5, 0.6) is 0 Å². The van der Waals surface area contributed by atoms with E-state index in [0.717, 1.165) is 22.4 Å². The quantitative estimate of drug-likeness (QED) is 0.721. The maximum Gasteiger partial charge on any atom is 0.144 e.